The van der Waals surface area contributed by atoms with Crippen LogP contribution in [0.3, 0.4) is 0 Å². The number of aromatic nitrogens is 1. The maximum absolute atomic E-state index is 13.4. The van der Waals surface area contributed by atoms with E-state index in [0.717, 1.165) is 25.2 Å². The summed E-state index contributed by atoms with van der Waals surface area (Å²) in [6.07, 6.45) is 0. The third-order valence-electron chi connectivity index (χ3n) is 6.24. The van der Waals surface area contributed by atoms with Crippen LogP contribution in [0.25, 0.3) is 22.4 Å². The smallest absolute Gasteiger partial charge is 0.253 e. The molecule has 2 heterocycles. The zero-order valence-corrected chi connectivity index (χ0v) is 24.2. The number of carbonyl (C=O) groups excluding carboxylic acids is 1. The zero-order valence-electron chi connectivity index (χ0n) is 21.7. The lowest BCUT2D eigenvalue weighted by Crippen LogP contribution is -2.41. The van der Waals surface area contributed by atoms with Crippen LogP contribution in [0.5, 0.6) is 0 Å². The summed E-state index contributed by atoms with van der Waals surface area (Å²) in [5.74, 6) is -0.233. The summed E-state index contributed by atoms with van der Waals surface area (Å²) in [6.45, 7) is 6.14. The van der Waals surface area contributed by atoms with Gasteiger partial charge in [0.15, 0.2) is 0 Å². The first-order chi connectivity index (χ1) is 17.3. The number of hydrogen-bond donors (Lipinski definition) is 1. The van der Waals surface area contributed by atoms with Gasteiger partial charge in [0, 0.05) is 45.8 Å². The van der Waals surface area contributed by atoms with Crippen LogP contribution in [-0.2, 0) is 14.8 Å². The van der Waals surface area contributed by atoms with Crippen molar-refractivity contribution < 1.29 is 17.9 Å². The Morgan fingerprint density at radius 2 is 1.66 bits per heavy atom. The van der Waals surface area contributed by atoms with Gasteiger partial charge >= 0.3 is 0 Å². The molecule has 0 saturated carbocycles. The molecule has 1 aromatic heterocycles. The largest absolute Gasteiger partial charge is 0.379 e. The minimum absolute atomic E-state index is 0. The molecule has 0 aliphatic carbocycles. The Hall–Kier alpha value is -2.53. The lowest BCUT2D eigenvalue weighted by molar-refractivity contribution is 0.0383. The van der Waals surface area contributed by atoms with Gasteiger partial charge in [0.05, 0.1) is 35.1 Å². The van der Waals surface area contributed by atoms with E-state index in [1.165, 1.54) is 18.4 Å². The molecule has 4 rings (SSSR count). The standard InChI is InChI=1S/C27H32N4O4S.2ClH/c1-20-26(27(32)28-12-13-31-14-16-35-17-15-31)24(19-25(29-20)21-8-5-4-6-9-21)22-10-7-11-23(18-22)36(33,34)30(2)3;;/h4-11,18-19H,12-17H2,1-3H3,(H,28,32);2*1H. The molecule has 1 aliphatic rings. The van der Waals surface area contributed by atoms with Gasteiger partial charge in [-0.1, -0.05) is 42.5 Å². The number of pyridine rings is 1. The lowest BCUT2D eigenvalue weighted by atomic mass is 9.96. The fraction of sp³-hybridized carbons (Fsp3) is 0.333. The van der Waals surface area contributed by atoms with Crippen molar-refractivity contribution in [3.8, 4) is 22.4 Å². The van der Waals surface area contributed by atoms with Gasteiger partial charge in [-0.3, -0.25) is 14.7 Å². The second-order valence-electron chi connectivity index (χ2n) is 8.91. The summed E-state index contributed by atoms with van der Waals surface area (Å²) in [5.41, 5.74) is 3.93. The summed E-state index contributed by atoms with van der Waals surface area (Å²) in [5, 5.41) is 3.03. The van der Waals surface area contributed by atoms with Crippen molar-refractivity contribution in [2.45, 2.75) is 11.8 Å². The molecule has 8 nitrogen and oxygen atoms in total. The number of benzene rings is 2. The van der Waals surface area contributed by atoms with E-state index in [-0.39, 0.29) is 35.6 Å². The molecule has 1 aliphatic heterocycles. The number of nitrogens with zero attached hydrogens (tertiary/aromatic N) is 3. The summed E-state index contributed by atoms with van der Waals surface area (Å²) in [4.78, 5) is 20.6. The topological polar surface area (TPSA) is 91.8 Å². The number of aryl methyl sites for hydroxylation is 1. The third-order valence-corrected chi connectivity index (χ3v) is 8.05. The molecule has 11 heteroatoms. The maximum atomic E-state index is 13.4. The van der Waals surface area contributed by atoms with Crippen molar-refractivity contribution in [3.05, 3.63) is 71.9 Å². The number of sulfonamides is 1. The normalized spacial score (nSPS) is 13.9. The highest BCUT2D eigenvalue weighted by Crippen LogP contribution is 2.32. The monoisotopic (exact) mass is 580 g/mol. The Morgan fingerprint density at radius 1 is 1.00 bits per heavy atom. The van der Waals surface area contributed by atoms with Crippen molar-refractivity contribution in [1.29, 1.82) is 0 Å². The second-order valence-corrected chi connectivity index (χ2v) is 11.1. The number of morpholine rings is 1. The summed E-state index contributed by atoms with van der Waals surface area (Å²) in [6, 6.07) is 18.3. The van der Waals surface area contributed by atoms with Crippen LogP contribution in [0.1, 0.15) is 16.1 Å². The first kappa shape index (κ1) is 31.7. The van der Waals surface area contributed by atoms with E-state index in [1.807, 2.05) is 49.4 Å². The predicted octanol–water partition coefficient (Wildman–Crippen LogP) is 3.88. The fourth-order valence-corrected chi connectivity index (χ4v) is 5.17. The molecular weight excluding hydrogens is 547 g/mol. The molecule has 0 bridgehead atoms. The van der Waals surface area contributed by atoms with Crippen LogP contribution >= 0.6 is 24.8 Å². The minimum Gasteiger partial charge on any atom is -0.379 e. The average molecular weight is 582 g/mol. The van der Waals surface area contributed by atoms with E-state index >= 15 is 0 Å². The summed E-state index contributed by atoms with van der Waals surface area (Å²) < 4.78 is 32.2. The Labute approximate surface area is 237 Å². The van der Waals surface area contributed by atoms with E-state index < -0.39 is 10.0 Å². The molecule has 0 radical (unpaired) electrons. The van der Waals surface area contributed by atoms with Crippen LogP contribution in [0, 0.1) is 6.92 Å². The number of carbonyl (C=O) groups is 1. The van der Waals surface area contributed by atoms with E-state index in [2.05, 4.69) is 10.2 Å². The summed E-state index contributed by atoms with van der Waals surface area (Å²) >= 11 is 0. The highest BCUT2D eigenvalue weighted by molar-refractivity contribution is 7.89. The number of halogens is 2. The molecule has 1 amide bonds. The number of hydrogen-bond acceptors (Lipinski definition) is 6. The maximum Gasteiger partial charge on any atom is 0.253 e. The Kier molecular flexibility index (Phi) is 11.7. The van der Waals surface area contributed by atoms with Crippen LogP contribution < -0.4 is 5.32 Å². The fourth-order valence-electron chi connectivity index (χ4n) is 4.22. The van der Waals surface area contributed by atoms with Crippen LogP contribution in [0.4, 0.5) is 0 Å². The predicted molar refractivity (Wildman–Crippen MR) is 155 cm³/mol. The molecule has 1 N–H and O–H groups in total. The number of ether oxygens (including phenoxy) is 1. The van der Waals surface area contributed by atoms with Gasteiger partial charge < -0.3 is 10.1 Å². The van der Waals surface area contributed by atoms with Gasteiger partial charge in [-0.25, -0.2) is 12.7 Å². The summed E-state index contributed by atoms with van der Waals surface area (Å²) in [7, 11) is -0.639. The van der Waals surface area contributed by atoms with Crippen molar-refractivity contribution in [1.82, 2.24) is 19.5 Å². The van der Waals surface area contributed by atoms with Gasteiger partial charge in [-0.05, 0) is 36.2 Å². The quantitative estimate of drug-likeness (QED) is 0.434. The van der Waals surface area contributed by atoms with Gasteiger partial charge in [0.1, 0.15) is 0 Å². The number of rotatable bonds is 8. The van der Waals surface area contributed by atoms with E-state index in [9.17, 15) is 13.2 Å². The van der Waals surface area contributed by atoms with Crippen molar-refractivity contribution in [2.24, 2.45) is 0 Å². The molecule has 1 fully saturated rings. The number of amides is 1. The molecule has 0 spiro atoms. The molecule has 0 atom stereocenters. The highest BCUT2D eigenvalue weighted by atomic mass is 35.5. The SMILES string of the molecule is Cc1nc(-c2ccccc2)cc(-c2cccc(S(=O)(=O)N(C)C)c2)c1C(=O)NCCN1CCOCC1.Cl.Cl. The van der Waals surface area contributed by atoms with Crippen LogP contribution in [0.15, 0.2) is 65.6 Å². The lowest BCUT2D eigenvalue weighted by Gasteiger charge is -2.26. The molecule has 1 saturated heterocycles. The Morgan fingerprint density at radius 3 is 2.32 bits per heavy atom. The molecule has 206 valence electrons. The highest BCUT2D eigenvalue weighted by Gasteiger charge is 2.22. The first-order valence-electron chi connectivity index (χ1n) is 12.0. The molecular formula is C27H34Cl2N4O4S. The zero-order chi connectivity index (χ0) is 25.7. The van der Waals surface area contributed by atoms with Crippen molar-refractivity contribution in [3.63, 3.8) is 0 Å². The second kappa shape index (κ2) is 14.0. The third kappa shape index (κ3) is 7.31. The van der Waals surface area contributed by atoms with Crippen LogP contribution in [-0.4, -0.2) is 82.0 Å². The van der Waals surface area contributed by atoms with E-state index in [1.54, 1.807) is 18.2 Å². The number of nitrogens with one attached hydrogen (secondary N) is 1. The Bertz CT molecular complexity index is 1330. The van der Waals surface area contributed by atoms with Crippen molar-refractivity contribution >= 4 is 40.7 Å². The van der Waals surface area contributed by atoms with E-state index in [4.69, 9.17) is 9.72 Å². The van der Waals surface area contributed by atoms with Crippen LogP contribution in [0.2, 0.25) is 0 Å². The first-order valence-corrected chi connectivity index (χ1v) is 13.4. The van der Waals surface area contributed by atoms with Gasteiger partial charge in [0.25, 0.3) is 5.91 Å². The average Bonchev–Trinajstić information content (AvgIpc) is 2.89. The molecule has 3 aromatic rings. The Balaban J connectivity index is 0.00000253. The van der Waals surface area contributed by atoms with Gasteiger partial charge in [0.2, 0.25) is 10.0 Å². The minimum atomic E-state index is -3.64. The van der Waals surface area contributed by atoms with E-state index in [0.29, 0.717) is 47.8 Å². The molecule has 0 unspecified atom stereocenters. The van der Waals surface area contributed by atoms with Gasteiger partial charge in [-0.15, -0.1) is 24.8 Å². The molecule has 2 aromatic carbocycles. The molecule has 38 heavy (non-hydrogen) atoms. The van der Waals surface area contributed by atoms with Crippen molar-refractivity contribution in [2.75, 3.05) is 53.5 Å². The van der Waals surface area contributed by atoms with Gasteiger partial charge in [-0.2, -0.15) is 0 Å².